The van der Waals surface area contributed by atoms with Crippen molar-refractivity contribution >= 4 is 11.8 Å². The van der Waals surface area contributed by atoms with E-state index in [1.54, 1.807) is 11.0 Å². The highest BCUT2D eigenvalue weighted by Gasteiger charge is 2.25. The number of benzene rings is 2. The summed E-state index contributed by atoms with van der Waals surface area (Å²) in [5.41, 5.74) is 3.75. The molecule has 0 spiro atoms. The van der Waals surface area contributed by atoms with Gasteiger partial charge in [-0.25, -0.2) is 0 Å². The van der Waals surface area contributed by atoms with Crippen molar-refractivity contribution in [3.8, 4) is 5.75 Å². The van der Waals surface area contributed by atoms with Crippen LogP contribution < -0.4 is 0 Å². The second-order valence-electron chi connectivity index (χ2n) is 7.21. The largest absolute Gasteiger partial charge is 0.507 e. The number of rotatable bonds is 2. The van der Waals surface area contributed by atoms with Crippen LogP contribution in [0.25, 0.3) is 0 Å². The molecule has 142 valence electrons. The molecule has 1 aliphatic heterocycles. The summed E-state index contributed by atoms with van der Waals surface area (Å²) in [5, 5.41) is 10.4. The molecule has 0 aliphatic carbocycles. The minimum Gasteiger partial charge on any atom is -0.507 e. The van der Waals surface area contributed by atoms with Crippen molar-refractivity contribution in [2.45, 2.75) is 27.2 Å². The molecule has 0 atom stereocenters. The Labute approximate surface area is 160 Å². The molecule has 1 fully saturated rings. The molecule has 5 nitrogen and oxygen atoms in total. The van der Waals surface area contributed by atoms with Gasteiger partial charge in [0.25, 0.3) is 11.8 Å². The lowest BCUT2D eigenvalue weighted by Crippen LogP contribution is -2.37. The van der Waals surface area contributed by atoms with Crippen molar-refractivity contribution in [1.29, 1.82) is 0 Å². The third kappa shape index (κ3) is 3.97. The molecule has 0 radical (unpaired) electrons. The lowest BCUT2D eigenvalue weighted by molar-refractivity contribution is 0.0717. The van der Waals surface area contributed by atoms with E-state index in [0.29, 0.717) is 37.3 Å². The fraction of sp³-hybridized carbons (Fsp3) is 0.364. The lowest BCUT2D eigenvalue weighted by Gasteiger charge is -2.23. The van der Waals surface area contributed by atoms with E-state index in [9.17, 15) is 14.7 Å². The van der Waals surface area contributed by atoms with Gasteiger partial charge in [0.05, 0.1) is 5.56 Å². The molecule has 5 heteroatoms. The van der Waals surface area contributed by atoms with Crippen molar-refractivity contribution in [2.75, 3.05) is 26.2 Å². The summed E-state index contributed by atoms with van der Waals surface area (Å²) < 4.78 is 0. The van der Waals surface area contributed by atoms with Crippen LogP contribution in [0.4, 0.5) is 0 Å². The van der Waals surface area contributed by atoms with E-state index >= 15 is 0 Å². The number of hydrogen-bond donors (Lipinski definition) is 1. The Morgan fingerprint density at radius 3 is 2.22 bits per heavy atom. The Balaban J connectivity index is 1.72. The number of carbonyl (C=O) groups excluding carboxylic acids is 2. The van der Waals surface area contributed by atoms with E-state index in [1.807, 2.05) is 56.0 Å². The van der Waals surface area contributed by atoms with E-state index in [2.05, 4.69) is 0 Å². The van der Waals surface area contributed by atoms with E-state index in [-0.39, 0.29) is 17.6 Å². The molecule has 1 saturated heterocycles. The van der Waals surface area contributed by atoms with Gasteiger partial charge >= 0.3 is 0 Å². The second kappa shape index (κ2) is 7.82. The van der Waals surface area contributed by atoms with Gasteiger partial charge < -0.3 is 14.9 Å². The molecule has 1 N–H and O–H groups in total. The summed E-state index contributed by atoms with van der Waals surface area (Å²) in [6, 6.07) is 11.1. The molecule has 3 rings (SSSR count). The zero-order valence-corrected chi connectivity index (χ0v) is 16.2. The van der Waals surface area contributed by atoms with Crippen molar-refractivity contribution in [3.05, 3.63) is 64.2 Å². The molecule has 2 aromatic rings. The first-order chi connectivity index (χ1) is 12.9. The molecule has 1 heterocycles. The summed E-state index contributed by atoms with van der Waals surface area (Å²) in [6.07, 6.45) is 0.717. The molecule has 0 bridgehead atoms. The summed E-state index contributed by atoms with van der Waals surface area (Å²) in [5.74, 6) is -0.126. The standard InChI is InChI=1S/C22H26N2O3/c1-15-6-4-7-18(14-15)21(26)23-10-5-11-24(13-12-23)22(27)19-9-8-16(2)17(3)20(19)25/h4,6-9,14,25H,5,10-13H2,1-3H3. The maximum absolute atomic E-state index is 12.9. The van der Waals surface area contributed by atoms with Gasteiger partial charge in [-0.15, -0.1) is 0 Å². The van der Waals surface area contributed by atoms with Crippen LogP contribution in [0.15, 0.2) is 36.4 Å². The number of carbonyl (C=O) groups is 2. The Kier molecular flexibility index (Phi) is 5.49. The first-order valence-corrected chi connectivity index (χ1v) is 9.33. The smallest absolute Gasteiger partial charge is 0.257 e. The van der Waals surface area contributed by atoms with E-state index in [4.69, 9.17) is 0 Å². The number of aryl methyl sites for hydroxylation is 2. The lowest BCUT2D eigenvalue weighted by atomic mass is 10.0. The van der Waals surface area contributed by atoms with Crippen molar-refractivity contribution in [3.63, 3.8) is 0 Å². The number of hydrogen-bond acceptors (Lipinski definition) is 3. The quantitative estimate of drug-likeness (QED) is 0.887. The molecule has 2 amide bonds. The highest BCUT2D eigenvalue weighted by molar-refractivity contribution is 5.98. The van der Waals surface area contributed by atoms with Gasteiger partial charge in [0.1, 0.15) is 5.75 Å². The summed E-state index contributed by atoms with van der Waals surface area (Å²) >= 11 is 0. The number of nitrogens with zero attached hydrogens (tertiary/aromatic N) is 2. The zero-order valence-electron chi connectivity index (χ0n) is 16.2. The maximum atomic E-state index is 12.9. The van der Waals surface area contributed by atoms with Gasteiger partial charge in [0.15, 0.2) is 0 Å². The van der Waals surface area contributed by atoms with Crippen LogP contribution in [0.2, 0.25) is 0 Å². The highest BCUT2D eigenvalue weighted by Crippen LogP contribution is 2.26. The number of phenols is 1. The average molecular weight is 366 g/mol. The van der Waals surface area contributed by atoms with Gasteiger partial charge in [-0.1, -0.05) is 23.8 Å². The predicted molar refractivity (Wildman–Crippen MR) is 105 cm³/mol. The van der Waals surface area contributed by atoms with Crippen LogP contribution in [0.3, 0.4) is 0 Å². The first kappa shape index (κ1) is 19.0. The molecule has 2 aromatic carbocycles. The van der Waals surface area contributed by atoms with Gasteiger partial charge in [0.2, 0.25) is 0 Å². The van der Waals surface area contributed by atoms with Crippen LogP contribution >= 0.6 is 0 Å². The molecule has 27 heavy (non-hydrogen) atoms. The summed E-state index contributed by atoms with van der Waals surface area (Å²) in [4.78, 5) is 29.2. The third-order valence-electron chi connectivity index (χ3n) is 5.27. The zero-order chi connectivity index (χ0) is 19.6. The topological polar surface area (TPSA) is 60.9 Å². The van der Waals surface area contributed by atoms with Crippen molar-refractivity contribution < 1.29 is 14.7 Å². The Bertz CT molecular complexity index is 876. The Hall–Kier alpha value is -2.82. The summed E-state index contributed by atoms with van der Waals surface area (Å²) in [6.45, 7) is 7.83. The minimum atomic E-state index is -0.180. The molecule has 0 unspecified atom stereocenters. The van der Waals surface area contributed by atoms with Crippen LogP contribution in [-0.4, -0.2) is 52.9 Å². The number of amides is 2. The van der Waals surface area contributed by atoms with Crippen LogP contribution in [-0.2, 0) is 0 Å². The van der Waals surface area contributed by atoms with Gasteiger partial charge in [0, 0.05) is 31.7 Å². The molecule has 0 saturated carbocycles. The monoisotopic (exact) mass is 366 g/mol. The van der Waals surface area contributed by atoms with Gasteiger partial charge in [-0.05, 0) is 56.5 Å². The fourth-order valence-electron chi connectivity index (χ4n) is 3.43. The molecular weight excluding hydrogens is 340 g/mol. The predicted octanol–water partition coefficient (Wildman–Crippen LogP) is 3.31. The van der Waals surface area contributed by atoms with Gasteiger partial charge in [-0.3, -0.25) is 9.59 Å². The fourth-order valence-corrected chi connectivity index (χ4v) is 3.43. The molecule has 1 aliphatic rings. The second-order valence-corrected chi connectivity index (χ2v) is 7.21. The highest BCUT2D eigenvalue weighted by atomic mass is 16.3. The molecule has 0 aromatic heterocycles. The van der Waals surface area contributed by atoms with Crippen LogP contribution in [0.1, 0.15) is 43.8 Å². The van der Waals surface area contributed by atoms with E-state index < -0.39 is 0 Å². The van der Waals surface area contributed by atoms with Crippen LogP contribution in [0, 0.1) is 20.8 Å². The Morgan fingerprint density at radius 1 is 0.889 bits per heavy atom. The average Bonchev–Trinajstić information content (AvgIpc) is 2.91. The third-order valence-corrected chi connectivity index (χ3v) is 5.27. The van der Waals surface area contributed by atoms with Crippen LogP contribution in [0.5, 0.6) is 5.75 Å². The van der Waals surface area contributed by atoms with E-state index in [1.165, 1.54) is 0 Å². The number of phenolic OH excluding ortho intramolecular Hbond substituents is 1. The Morgan fingerprint density at radius 2 is 1.56 bits per heavy atom. The van der Waals surface area contributed by atoms with Crippen molar-refractivity contribution in [2.24, 2.45) is 0 Å². The molecular formula is C22H26N2O3. The summed E-state index contributed by atoms with van der Waals surface area (Å²) in [7, 11) is 0. The van der Waals surface area contributed by atoms with Gasteiger partial charge in [-0.2, -0.15) is 0 Å². The minimum absolute atomic E-state index is 0.00188. The maximum Gasteiger partial charge on any atom is 0.257 e. The normalized spacial score (nSPS) is 14.8. The SMILES string of the molecule is Cc1cccc(C(=O)N2CCCN(C(=O)c3ccc(C)c(C)c3O)CC2)c1. The van der Waals surface area contributed by atoms with Crippen molar-refractivity contribution in [1.82, 2.24) is 9.80 Å². The first-order valence-electron chi connectivity index (χ1n) is 9.33. The van der Waals surface area contributed by atoms with E-state index in [0.717, 1.165) is 23.1 Å². The number of aromatic hydroxyl groups is 1.